The van der Waals surface area contributed by atoms with E-state index in [1.54, 1.807) is 0 Å². The molecule has 1 saturated heterocycles. The molecule has 0 aliphatic carbocycles. The highest BCUT2D eigenvalue weighted by Gasteiger charge is 2.46. The second kappa shape index (κ2) is 4.22. The van der Waals surface area contributed by atoms with Crippen molar-refractivity contribution in [3.63, 3.8) is 0 Å². The topological polar surface area (TPSA) is 96.2 Å². The van der Waals surface area contributed by atoms with Crippen molar-refractivity contribution < 1.29 is 29.6 Å². The quantitative estimate of drug-likeness (QED) is 0.514. The monoisotopic (exact) mass is 206 g/mol. The Morgan fingerprint density at radius 1 is 1.36 bits per heavy atom. The molecule has 1 rings (SSSR count). The largest absolute Gasteiger partial charge is 0.479 e. The predicted molar refractivity (Wildman–Crippen MR) is 44.8 cm³/mol. The Kier molecular flexibility index (Phi) is 3.43. The smallest absolute Gasteiger partial charge is 0.335 e. The maximum Gasteiger partial charge on any atom is 0.335 e. The van der Waals surface area contributed by atoms with Crippen LogP contribution in [0.25, 0.3) is 0 Å². The Morgan fingerprint density at radius 2 is 1.93 bits per heavy atom. The fourth-order valence-corrected chi connectivity index (χ4v) is 1.50. The van der Waals surface area contributed by atoms with Gasteiger partial charge in [-0.25, -0.2) is 4.79 Å². The zero-order valence-electron chi connectivity index (χ0n) is 7.95. The van der Waals surface area contributed by atoms with Gasteiger partial charge in [-0.05, 0) is 6.92 Å². The van der Waals surface area contributed by atoms with Crippen molar-refractivity contribution in [1.82, 2.24) is 0 Å². The molecule has 1 aliphatic heterocycles. The van der Waals surface area contributed by atoms with Crippen LogP contribution >= 0.6 is 0 Å². The highest BCUT2D eigenvalue weighted by atomic mass is 16.6. The summed E-state index contributed by atoms with van der Waals surface area (Å²) in [5.41, 5.74) is 0. The van der Waals surface area contributed by atoms with Crippen molar-refractivity contribution >= 4 is 5.97 Å². The van der Waals surface area contributed by atoms with Crippen LogP contribution in [0.1, 0.15) is 6.92 Å². The lowest BCUT2D eigenvalue weighted by molar-refractivity contribution is -0.229. The van der Waals surface area contributed by atoms with Crippen LogP contribution in [0, 0.1) is 0 Å². The number of methoxy groups -OCH3 is 1. The molecular formula is C8H14O6. The van der Waals surface area contributed by atoms with Crippen LogP contribution in [0.15, 0.2) is 0 Å². The van der Waals surface area contributed by atoms with Crippen LogP contribution in [0.2, 0.25) is 0 Å². The first-order valence-electron chi connectivity index (χ1n) is 4.26. The molecule has 6 nitrogen and oxygen atoms in total. The molecule has 82 valence electrons. The molecule has 0 bridgehead atoms. The summed E-state index contributed by atoms with van der Waals surface area (Å²) in [6.07, 6.45) is -5.38. The summed E-state index contributed by atoms with van der Waals surface area (Å²) in [6.45, 7) is 1.50. The lowest BCUT2D eigenvalue weighted by atomic mass is 9.95. The number of hydrogen-bond donors (Lipinski definition) is 3. The Balaban J connectivity index is 2.82. The van der Waals surface area contributed by atoms with Gasteiger partial charge in [0.25, 0.3) is 0 Å². The van der Waals surface area contributed by atoms with Crippen LogP contribution in [0.5, 0.6) is 0 Å². The summed E-state index contributed by atoms with van der Waals surface area (Å²) >= 11 is 0. The molecule has 0 aromatic rings. The van der Waals surface area contributed by atoms with E-state index < -0.39 is 36.5 Å². The van der Waals surface area contributed by atoms with Gasteiger partial charge in [0.1, 0.15) is 18.3 Å². The van der Waals surface area contributed by atoms with Crippen LogP contribution in [-0.4, -0.2) is 58.9 Å². The number of aliphatic hydroxyl groups excluding tert-OH is 2. The zero-order valence-corrected chi connectivity index (χ0v) is 7.95. The third kappa shape index (κ3) is 1.88. The van der Waals surface area contributed by atoms with E-state index in [2.05, 4.69) is 0 Å². The number of hydrogen-bond acceptors (Lipinski definition) is 5. The van der Waals surface area contributed by atoms with E-state index in [0.29, 0.717) is 0 Å². The molecule has 0 amide bonds. The van der Waals surface area contributed by atoms with Crippen LogP contribution < -0.4 is 0 Å². The molecule has 5 atom stereocenters. The first kappa shape index (κ1) is 11.4. The van der Waals surface area contributed by atoms with E-state index in [1.807, 2.05) is 0 Å². The first-order chi connectivity index (χ1) is 6.49. The number of carbonyl (C=O) groups is 1. The summed E-state index contributed by atoms with van der Waals surface area (Å²) < 4.78 is 9.78. The van der Waals surface area contributed by atoms with Crippen molar-refractivity contribution in [3.05, 3.63) is 0 Å². The van der Waals surface area contributed by atoms with Crippen molar-refractivity contribution in [2.75, 3.05) is 7.11 Å². The van der Waals surface area contributed by atoms with Gasteiger partial charge < -0.3 is 24.8 Å². The fourth-order valence-electron chi connectivity index (χ4n) is 1.50. The van der Waals surface area contributed by atoms with Crippen LogP contribution in [0.3, 0.4) is 0 Å². The Hall–Kier alpha value is -0.690. The van der Waals surface area contributed by atoms with E-state index in [-0.39, 0.29) is 0 Å². The van der Waals surface area contributed by atoms with Gasteiger partial charge in [-0.3, -0.25) is 0 Å². The highest BCUT2D eigenvalue weighted by Crippen LogP contribution is 2.22. The summed E-state index contributed by atoms with van der Waals surface area (Å²) in [4.78, 5) is 10.7. The lowest BCUT2D eigenvalue weighted by Gasteiger charge is -2.39. The standard InChI is InChI=1S/C8H14O6/c1-3-4(9)5(10)6(13-2)7(14-3)8(11)12/h3-7,9-10H,1-2H3,(H,11,12)/t3-,4?,5-,6-,7?/m1/s1. The third-order valence-corrected chi connectivity index (χ3v) is 2.34. The lowest BCUT2D eigenvalue weighted by Crippen LogP contribution is -2.59. The molecule has 0 saturated carbocycles. The molecule has 3 N–H and O–H groups in total. The Morgan fingerprint density at radius 3 is 2.36 bits per heavy atom. The van der Waals surface area contributed by atoms with Crippen LogP contribution in [-0.2, 0) is 14.3 Å². The summed E-state index contributed by atoms with van der Waals surface area (Å²) in [6, 6.07) is 0. The molecule has 0 aromatic heterocycles. The molecular weight excluding hydrogens is 192 g/mol. The Labute approximate surface area is 81.1 Å². The van der Waals surface area contributed by atoms with E-state index in [9.17, 15) is 15.0 Å². The minimum Gasteiger partial charge on any atom is -0.479 e. The molecule has 1 aliphatic rings. The van der Waals surface area contributed by atoms with Crippen molar-refractivity contribution in [1.29, 1.82) is 0 Å². The second-order valence-corrected chi connectivity index (χ2v) is 3.28. The highest BCUT2D eigenvalue weighted by molar-refractivity contribution is 5.73. The van der Waals surface area contributed by atoms with Gasteiger partial charge in [0.2, 0.25) is 0 Å². The summed E-state index contributed by atoms with van der Waals surface area (Å²) in [7, 11) is 1.26. The summed E-state index contributed by atoms with van der Waals surface area (Å²) in [5.74, 6) is -1.21. The second-order valence-electron chi connectivity index (χ2n) is 3.28. The number of aliphatic carboxylic acids is 1. The Bertz CT molecular complexity index is 218. The van der Waals surface area contributed by atoms with Gasteiger partial charge in [0.15, 0.2) is 6.10 Å². The van der Waals surface area contributed by atoms with Crippen LogP contribution in [0.4, 0.5) is 0 Å². The van der Waals surface area contributed by atoms with Gasteiger partial charge in [0, 0.05) is 7.11 Å². The SMILES string of the molecule is CO[C@H]1C(C(=O)O)O[C@H](C)C(O)[C@H]1O. The van der Waals surface area contributed by atoms with Crippen molar-refractivity contribution in [3.8, 4) is 0 Å². The number of ether oxygens (including phenoxy) is 2. The third-order valence-electron chi connectivity index (χ3n) is 2.34. The average molecular weight is 206 g/mol. The molecule has 1 heterocycles. The van der Waals surface area contributed by atoms with E-state index in [0.717, 1.165) is 0 Å². The number of carboxylic acid groups (broad SMARTS) is 1. The minimum atomic E-state index is -1.25. The van der Waals surface area contributed by atoms with Crippen molar-refractivity contribution in [2.24, 2.45) is 0 Å². The van der Waals surface area contributed by atoms with E-state index in [1.165, 1.54) is 14.0 Å². The summed E-state index contributed by atoms with van der Waals surface area (Å²) in [5, 5.41) is 27.7. The van der Waals surface area contributed by atoms with Gasteiger partial charge in [0.05, 0.1) is 6.10 Å². The maximum atomic E-state index is 10.7. The average Bonchev–Trinajstić information content (AvgIpc) is 2.13. The van der Waals surface area contributed by atoms with Gasteiger partial charge in [-0.1, -0.05) is 0 Å². The number of carboxylic acids is 1. The van der Waals surface area contributed by atoms with E-state index in [4.69, 9.17) is 14.6 Å². The molecule has 1 fully saturated rings. The zero-order chi connectivity index (χ0) is 10.9. The van der Waals surface area contributed by atoms with Gasteiger partial charge >= 0.3 is 5.97 Å². The molecule has 0 aromatic carbocycles. The maximum absolute atomic E-state index is 10.7. The van der Waals surface area contributed by atoms with Gasteiger partial charge in [-0.15, -0.1) is 0 Å². The molecule has 0 spiro atoms. The minimum absolute atomic E-state index is 0.725. The van der Waals surface area contributed by atoms with Crippen molar-refractivity contribution in [2.45, 2.75) is 37.4 Å². The molecule has 2 unspecified atom stereocenters. The normalized spacial score (nSPS) is 43.6. The number of aliphatic hydroxyl groups is 2. The number of rotatable bonds is 2. The fraction of sp³-hybridized carbons (Fsp3) is 0.875. The van der Waals surface area contributed by atoms with Gasteiger partial charge in [-0.2, -0.15) is 0 Å². The molecule has 0 radical (unpaired) electrons. The van der Waals surface area contributed by atoms with E-state index >= 15 is 0 Å². The predicted octanol–water partition coefficient (Wildman–Crippen LogP) is -1.40. The first-order valence-corrected chi connectivity index (χ1v) is 4.26. The molecule has 14 heavy (non-hydrogen) atoms. The molecule has 6 heteroatoms.